The molecule has 0 amide bonds. The molecule has 0 saturated carbocycles. The summed E-state index contributed by atoms with van der Waals surface area (Å²) in [5, 5.41) is 9.14. The van der Waals surface area contributed by atoms with E-state index in [1.807, 2.05) is 12.1 Å². The van der Waals surface area contributed by atoms with Gasteiger partial charge in [0.05, 0.1) is 11.9 Å². The van der Waals surface area contributed by atoms with Crippen molar-refractivity contribution in [1.82, 2.24) is 4.98 Å². The third kappa shape index (κ3) is 2.39. The lowest BCUT2D eigenvalue weighted by Crippen LogP contribution is -2.36. The highest BCUT2D eigenvalue weighted by molar-refractivity contribution is 5.48. The van der Waals surface area contributed by atoms with E-state index in [-0.39, 0.29) is 6.61 Å². The van der Waals surface area contributed by atoms with Gasteiger partial charge in [0.25, 0.3) is 0 Å². The Morgan fingerprint density at radius 2 is 2.40 bits per heavy atom. The lowest BCUT2D eigenvalue weighted by Gasteiger charge is -2.33. The molecule has 1 aromatic heterocycles. The van der Waals surface area contributed by atoms with Crippen molar-refractivity contribution in [2.24, 2.45) is 5.92 Å². The normalized spacial score (nSPS) is 21.7. The van der Waals surface area contributed by atoms with Crippen LogP contribution in [0.1, 0.15) is 12.8 Å². The summed E-state index contributed by atoms with van der Waals surface area (Å²) in [6, 6.07) is 3.81. The Balaban J connectivity index is 2.06. The molecule has 0 unspecified atom stereocenters. The summed E-state index contributed by atoms with van der Waals surface area (Å²) < 4.78 is 0. The Morgan fingerprint density at radius 3 is 3.07 bits per heavy atom. The van der Waals surface area contributed by atoms with Gasteiger partial charge in [-0.3, -0.25) is 0 Å². The fourth-order valence-corrected chi connectivity index (χ4v) is 2.03. The van der Waals surface area contributed by atoms with E-state index in [9.17, 15) is 0 Å². The SMILES string of the molecule is Nc1ccc(N2CCC[C@@H](CO)C2)cn1. The maximum atomic E-state index is 9.14. The lowest BCUT2D eigenvalue weighted by molar-refractivity contribution is 0.208. The maximum absolute atomic E-state index is 9.14. The summed E-state index contributed by atoms with van der Waals surface area (Å²) in [4.78, 5) is 6.34. The second-order valence-electron chi connectivity index (χ2n) is 4.08. The summed E-state index contributed by atoms with van der Waals surface area (Å²) in [6.07, 6.45) is 4.06. The molecule has 0 bridgehead atoms. The van der Waals surface area contributed by atoms with E-state index in [2.05, 4.69) is 9.88 Å². The van der Waals surface area contributed by atoms with Crippen LogP contribution in [0.4, 0.5) is 11.5 Å². The number of anilines is 2. The molecule has 3 N–H and O–H groups in total. The minimum absolute atomic E-state index is 0.277. The molecular weight excluding hydrogens is 190 g/mol. The van der Waals surface area contributed by atoms with E-state index in [4.69, 9.17) is 10.8 Å². The van der Waals surface area contributed by atoms with Gasteiger partial charge >= 0.3 is 0 Å². The van der Waals surface area contributed by atoms with Crippen LogP contribution in [-0.2, 0) is 0 Å². The summed E-state index contributed by atoms with van der Waals surface area (Å²) in [6.45, 7) is 2.24. The van der Waals surface area contributed by atoms with Crippen LogP contribution in [0.5, 0.6) is 0 Å². The van der Waals surface area contributed by atoms with Crippen molar-refractivity contribution >= 4 is 11.5 Å². The first-order valence-corrected chi connectivity index (χ1v) is 5.37. The van der Waals surface area contributed by atoms with Crippen LogP contribution in [0.25, 0.3) is 0 Å². The minimum atomic E-state index is 0.277. The van der Waals surface area contributed by atoms with Gasteiger partial charge in [0, 0.05) is 19.7 Å². The van der Waals surface area contributed by atoms with E-state index < -0.39 is 0 Å². The van der Waals surface area contributed by atoms with Crippen LogP contribution in [0.3, 0.4) is 0 Å². The van der Waals surface area contributed by atoms with Crippen LogP contribution in [0.15, 0.2) is 18.3 Å². The van der Waals surface area contributed by atoms with Crippen molar-refractivity contribution in [2.75, 3.05) is 30.3 Å². The van der Waals surface area contributed by atoms with Gasteiger partial charge in [0.15, 0.2) is 0 Å². The zero-order valence-electron chi connectivity index (χ0n) is 8.76. The molecular formula is C11H17N3O. The zero-order valence-corrected chi connectivity index (χ0v) is 8.76. The number of nitrogens with two attached hydrogens (primary N) is 1. The number of nitrogen functional groups attached to an aromatic ring is 1. The van der Waals surface area contributed by atoms with Crippen LogP contribution in [0.2, 0.25) is 0 Å². The zero-order chi connectivity index (χ0) is 10.7. The van der Waals surface area contributed by atoms with Crippen LogP contribution in [0, 0.1) is 5.92 Å². The molecule has 4 nitrogen and oxygen atoms in total. The Hall–Kier alpha value is -1.29. The molecule has 1 fully saturated rings. The number of aliphatic hydroxyl groups is 1. The number of aromatic nitrogens is 1. The topological polar surface area (TPSA) is 62.4 Å². The van der Waals surface area contributed by atoms with Crippen molar-refractivity contribution < 1.29 is 5.11 Å². The molecule has 0 aromatic carbocycles. The van der Waals surface area contributed by atoms with E-state index in [0.717, 1.165) is 31.6 Å². The lowest BCUT2D eigenvalue weighted by atomic mass is 9.99. The van der Waals surface area contributed by atoms with Crippen LogP contribution < -0.4 is 10.6 Å². The second kappa shape index (κ2) is 4.49. The average molecular weight is 207 g/mol. The molecule has 0 radical (unpaired) electrons. The number of hydrogen-bond donors (Lipinski definition) is 2. The van der Waals surface area contributed by atoms with Gasteiger partial charge in [0.1, 0.15) is 5.82 Å². The van der Waals surface area contributed by atoms with Gasteiger partial charge in [-0.1, -0.05) is 0 Å². The summed E-state index contributed by atoms with van der Waals surface area (Å²) in [5.41, 5.74) is 6.64. The molecule has 4 heteroatoms. The fraction of sp³-hybridized carbons (Fsp3) is 0.545. The van der Waals surface area contributed by atoms with E-state index in [1.54, 1.807) is 6.20 Å². The van der Waals surface area contributed by atoms with Gasteiger partial charge in [-0.25, -0.2) is 4.98 Å². The Kier molecular flexibility index (Phi) is 3.06. The van der Waals surface area contributed by atoms with Crippen LogP contribution in [-0.4, -0.2) is 29.8 Å². The predicted molar refractivity (Wildman–Crippen MR) is 60.7 cm³/mol. The first kappa shape index (κ1) is 10.2. The molecule has 1 aromatic rings. The predicted octanol–water partition coefficient (Wildman–Crippen LogP) is 0.872. The van der Waals surface area contributed by atoms with Crippen molar-refractivity contribution in [3.63, 3.8) is 0 Å². The Labute approximate surface area is 89.7 Å². The third-order valence-electron chi connectivity index (χ3n) is 2.91. The molecule has 0 aliphatic carbocycles. The largest absolute Gasteiger partial charge is 0.396 e. The number of pyridine rings is 1. The van der Waals surface area contributed by atoms with Crippen molar-refractivity contribution in [2.45, 2.75) is 12.8 Å². The third-order valence-corrected chi connectivity index (χ3v) is 2.91. The molecule has 15 heavy (non-hydrogen) atoms. The molecule has 1 aliphatic rings. The average Bonchev–Trinajstić information content (AvgIpc) is 2.30. The van der Waals surface area contributed by atoms with E-state index >= 15 is 0 Å². The van der Waals surface area contributed by atoms with Gasteiger partial charge in [0.2, 0.25) is 0 Å². The minimum Gasteiger partial charge on any atom is -0.396 e. The summed E-state index contributed by atoms with van der Waals surface area (Å²) in [7, 11) is 0. The summed E-state index contributed by atoms with van der Waals surface area (Å²) in [5.74, 6) is 0.950. The highest BCUT2D eigenvalue weighted by atomic mass is 16.3. The van der Waals surface area contributed by atoms with Crippen molar-refractivity contribution in [3.05, 3.63) is 18.3 Å². The molecule has 1 atom stereocenters. The highest BCUT2D eigenvalue weighted by Gasteiger charge is 2.19. The monoisotopic (exact) mass is 207 g/mol. The van der Waals surface area contributed by atoms with Crippen LogP contribution >= 0.6 is 0 Å². The van der Waals surface area contributed by atoms with Gasteiger partial charge in [-0.2, -0.15) is 0 Å². The van der Waals surface area contributed by atoms with E-state index in [0.29, 0.717) is 11.7 Å². The van der Waals surface area contributed by atoms with E-state index in [1.165, 1.54) is 0 Å². The molecule has 2 heterocycles. The fourth-order valence-electron chi connectivity index (χ4n) is 2.03. The smallest absolute Gasteiger partial charge is 0.123 e. The van der Waals surface area contributed by atoms with Gasteiger partial charge < -0.3 is 15.7 Å². The number of aliphatic hydroxyl groups excluding tert-OH is 1. The van der Waals surface area contributed by atoms with Crippen molar-refractivity contribution in [1.29, 1.82) is 0 Å². The second-order valence-corrected chi connectivity index (χ2v) is 4.08. The molecule has 1 aliphatic heterocycles. The van der Waals surface area contributed by atoms with Gasteiger partial charge in [-0.15, -0.1) is 0 Å². The quantitative estimate of drug-likeness (QED) is 0.755. The van der Waals surface area contributed by atoms with Crippen molar-refractivity contribution in [3.8, 4) is 0 Å². The standard InChI is InChI=1S/C11H17N3O/c12-11-4-3-10(6-13-11)14-5-1-2-9(7-14)8-15/h3-4,6,9,15H,1-2,5,7-8H2,(H2,12,13)/t9-/m1/s1. The summed E-state index contributed by atoms with van der Waals surface area (Å²) >= 11 is 0. The Morgan fingerprint density at radius 1 is 1.53 bits per heavy atom. The molecule has 82 valence electrons. The van der Waals surface area contributed by atoms with Gasteiger partial charge in [-0.05, 0) is 30.9 Å². The number of piperidine rings is 1. The first-order chi connectivity index (χ1) is 7.29. The maximum Gasteiger partial charge on any atom is 0.123 e. The molecule has 2 rings (SSSR count). The number of nitrogens with zero attached hydrogens (tertiary/aromatic N) is 2. The molecule has 0 spiro atoms. The number of rotatable bonds is 2. The molecule has 1 saturated heterocycles. The first-order valence-electron chi connectivity index (χ1n) is 5.37. The number of hydrogen-bond acceptors (Lipinski definition) is 4. The Bertz CT molecular complexity index is 312. The highest BCUT2D eigenvalue weighted by Crippen LogP contribution is 2.22.